The van der Waals surface area contributed by atoms with Gasteiger partial charge in [-0.15, -0.1) is 0 Å². The van der Waals surface area contributed by atoms with Gasteiger partial charge in [0.25, 0.3) is 0 Å². The van der Waals surface area contributed by atoms with Crippen molar-refractivity contribution in [3.8, 4) is 11.5 Å². The Morgan fingerprint density at radius 1 is 1.00 bits per heavy atom. The first-order valence-electron chi connectivity index (χ1n) is 8.98. The average Bonchev–Trinajstić information content (AvgIpc) is 3.21. The van der Waals surface area contributed by atoms with Crippen LogP contribution < -0.4 is 9.47 Å². The number of carbonyl (C=O) groups is 1. The average molecular weight is 382 g/mol. The van der Waals surface area contributed by atoms with E-state index in [1.165, 1.54) is 30.7 Å². The van der Waals surface area contributed by atoms with Crippen molar-refractivity contribution in [3.05, 3.63) is 18.2 Å². The molecule has 0 spiro atoms. The number of carbonyl (C=O) groups excluding carboxylic acids is 1. The first kappa shape index (κ1) is 19.0. The van der Waals surface area contributed by atoms with Crippen molar-refractivity contribution < 1.29 is 22.7 Å². The maximum absolute atomic E-state index is 12.9. The summed E-state index contributed by atoms with van der Waals surface area (Å²) in [4.78, 5) is 14.6. The molecule has 0 N–H and O–H groups in total. The van der Waals surface area contributed by atoms with Gasteiger partial charge in [-0.25, -0.2) is 8.42 Å². The lowest BCUT2D eigenvalue weighted by atomic mass is 9.97. The minimum absolute atomic E-state index is 0.0649. The Balaban J connectivity index is 1.69. The zero-order chi connectivity index (χ0) is 18.7. The molecule has 8 heteroatoms. The van der Waals surface area contributed by atoms with Crippen molar-refractivity contribution in [2.75, 3.05) is 40.4 Å². The number of hydrogen-bond acceptors (Lipinski definition) is 5. The van der Waals surface area contributed by atoms with Gasteiger partial charge in [-0.3, -0.25) is 4.79 Å². The van der Waals surface area contributed by atoms with Gasteiger partial charge < -0.3 is 14.4 Å². The fourth-order valence-electron chi connectivity index (χ4n) is 3.66. The molecule has 0 aliphatic carbocycles. The van der Waals surface area contributed by atoms with E-state index in [0.717, 1.165) is 25.9 Å². The second-order valence-corrected chi connectivity index (χ2v) is 8.67. The van der Waals surface area contributed by atoms with Crippen LogP contribution in [0.3, 0.4) is 0 Å². The van der Waals surface area contributed by atoms with Gasteiger partial charge in [0.05, 0.1) is 19.1 Å². The van der Waals surface area contributed by atoms with Gasteiger partial charge in [-0.1, -0.05) is 0 Å². The van der Waals surface area contributed by atoms with E-state index >= 15 is 0 Å². The quantitative estimate of drug-likeness (QED) is 0.775. The van der Waals surface area contributed by atoms with Crippen LogP contribution in [0.15, 0.2) is 23.1 Å². The van der Waals surface area contributed by atoms with Gasteiger partial charge in [0.2, 0.25) is 15.9 Å². The van der Waals surface area contributed by atoms with Gasteiger partial charge in [-0.2, -0.15) is 4.31 Å². The Bertz CT molecular complexity index is 751. The van der Waals surface area contributed by atoms with E-state index in [9.17, 15) is 13.2 Å². The van der Waals surface area contributed by atoms with Crippen LogP contribution in [0.1, 0.15) is 25.7 Å². The number of likely N-dealkylation sites (tertiary alicyclic amines) is 1. The van der Waals surface area contributed by atoms with E-state index in [0.29, 0.717) is 37.4 Å². The summed E-state index contributed by atoms with van der Waals surface area (Å²) in [6.45, 7) is 2.40. The topological polar surface area (TPSA) is 76.2 Å². The van der Waals surface area contributed by atoms with E-state index in [4.69, 9.17) is 9.47 Å². The Morgan fingerprint density at radius 2 is 1.62 bits per heavy atom. The molecule has 1 aromatic rings. The highest BCUT2D eigenvalue weighted by molar-refractivity contribution is 7.89. The maximum Gasteiger partial charge on any atom is 0.243 e. The Labute approximate surface area is 154 Å². The summed E-state index contributed by atoms with van der Waals surface area (Å²) in [5, 5.41) is 0. The van der Waals surface area contributed by atoms with E-state index < -0.39 is 10.0 Å². The molecule has 26 heavy (non-hydrogen) atoms. The zero-order valence-electron chi connectivity index (χ0n) is 15.3. The van der Waals surface area contributed by atoms with Gasteiger partial charge >= 0.3 is 0 Å². The molecule has 3 rings (SSSR count). The van der Waals surface area contributed by atoms with Crippen LogP contribution in [-0.2, 0) is 14.8 Å². The van der Waals surface area contributed by atoms with E-state index in [-0.39, 0.29) is 16.7 Å². The van der Waals surface area contributed by atoms with Crippen LogP contribution in [-0.4, -0.2) is 63.9 Å². The Kier molecular flexibility index (Phi) is 5.72. The summed E-state index contributed by atoms with van der Waals surface area (Å²) < 4.78 is 37.7. The van der Waals surface area contributed by atoms with Crippen molar-refractivity contribution in [1.82, 2.24) is 9.21 Å². The number of amides is 1. The van der Waals surface area contributed by atoms with Crippen molar-refractivity contribution in [1.29, 1.82) is 0 Å². The lowest BCUT2D eigenvalue weighted by molar-refractivity contribution is -0.135. The molecule has 0 bridgehead atoms. The monoisotopic (exact) mass is 382 g/mol. The first-order chi connectivity index (χ1) is 12.5. The minimum Gasteiger partial charge on any atom is -0.493 e. The number of sulfonamides is 1. The number of benzene rings is 1. The molecule has 144 valence electrons. The molecule has 0 aromatic heterocycles. The summed E-state index contributed by atoms with van der Waals surface area (Å²) in [7, 11) is -0.631. The largest absolute Gasteiger partial charge is 0.493 e. The van der Waals surface area contributed by atoms with Crippen molar-refractivity contribution in [2.24, 2.45) is 5.92 Å². The molecular formula is C18H26N2O5S. The lowest BCUT2D eigenvalue weighted by Gasteiger charge is -2.32. The fourth-order valence-corrected chi connectivity index (χ4v) is 5.15. The van der Waals surface area contributed by atoms with E-state index in [1.807, 2.05) is 4.90 Å². The summed E-state index contributed by atoms with van der Waals surface area (Å²) >= 11 is 0. The second-order valence-electron chi connectivity index (χ2n) is 6.73. The third kappa shape index (κ3) is 3.66. The van der Waals surface area contributed by atoms with Crippen molar-refractivity contribution >= 4 is 15.9 Å². The molecule has 7 nitrogen and oxygen atoms in total. The molecule has 0 saturated carbocycles. The standard InChI is InChI=1S/C18H26N2O5S/c1-24-16-6-5-15(13-17(16)25-2)26(22,23)20-11-7-14(8-12-20)18(21)19-9-3-4-10-19/h5-6,13-14H,3-4,7-12H2,1-2H3. The number of methoxy groups -OCH3 is 2. The number of rotatable bonds is 5. The highest BCUT2D eigenvalue weighted by Crippen LogP contribution is 2.32. The van der Waals surface area contributed by atoms with Crippen LogP contribution in [0.25, 0.3) is 0 Å². The summed E-state index contributed by atoms with van der Waals surface area (Å²) in [6.07, 6.45) is 3.28. The van der Waals surface area contributed by atoms with Crippen LogP contribution in [0.2, 0.25) is 0 Å². The van der Waals surface area contributed by atoms with Gasteiger partial charge in [0, 0.05) is 38.2 Å². The number of piperidine rings is 1. The maximum atomic E-state index is 12.9. The van der Waals surface area contributed by atoms with Gasteiger partial charge in [0.1, 0.15) is 0 Å². The molecule has 1 amide bonds. The smallest absolute Gasteiger partial charge is 0.243 e. The van der Waals surface area contributed by atoms with Crippen molar-refractivity contribution in [2.45, 2.75) is 30.6 Å². The van der Waals surface area contributed by atoms with Gasteiger partial charge in [-0.05, 0) is 37.8 Å². The molecule has 2 heterocycles. The summed E-state index contributed by atoms with van der Waals surface area (Å²) in [5.41, 5.74) is 0. The highest BCUT2D eigenvalue weighted by atomic mass is 32.2. The van der Waals surface area contributed by atoms with Gasteiger partial charge in [0.15, 0.2) is 11.5 Å². The molecule has 2 aliphatic rings. The van der Waals surface area contributed by atoms with Crippen LogP contribution in [0, 0.1) is 5.92 Å². The number of nitrogens with zero attached hydrogens (tertiary/aromatic N) is 2. The molecule has 0 radical (unpaired) electrons. The normalized spacial score (nSPS) is 19.5. The highest BCUT2D eigenvalue weighted by Gasteiger charge is 2.34. The summed E-state index contributed by atoms with van der Waals surface area (Å²) in [6, 6.07) is 4.60. The first-order valence-corrected chi connectivity index (χ1v) is 10.4. The molecule has 0 atom stereocenters. The van der Waals surface area contributed by atoms with Crippen LogP contribution in [0.5, 0.6) is 11.5 Å². The van der Waals surface area contributed by atoms with Crippen LogP contribution >= 0.6 is 0 Å². The predicted molar refractivity (Wildman–Crippen MR) is 96.8 cm³/mol. The number of hydrogen-bond donors (Lipinski definition) is 0. The molecule has 2 aliphatic heterocycles. The van der Waals surface area contributed by atoms with Crippen molar-refractivity contribution in [3.63, 3.8) is 0 Å². The SMILES string of the molecule is COc1ccc(S(=O)(=O)N2CCC(C(=O)N3CCCC3)CC2)cc1OC. The lowest BCUT2D eigenvalue weighted by Crippen LogP contribution is -2.43. The molecule has 1 aromatic carbocycles. The Hall–Kier alpha value is -1.80. The molecular weight excluding hydrogens is 356 g/mol. The fraction of sp³-hybridized carbons (Fsp3) is 0.611. The molecule has 0 unspecified atom stereocenters. The Morgan fingerprint density at radius 3 is 2.19 bits per heavy atom. The predicted octanol–water partition coefficient (Wildman–Crippen LogP) is 1.73. The minimum atomic E-state index is -3.61. The van der Waals surface area contributed by atoms with Crippen LogP contribution in [0.4, 0.5) is 0 Å². The third-order valence-corrected chi connectivity index (χ3v) is 7.11. The second kappa shape index (κ2) is 7.84. The molecule has 2 saturated heterocycles. The third-order valence-electron chi connectivity index (χ3n) is 5.21. The summed E-state index contributed by atoms with van der Waals surface area (Å²) in [5.74, 6) is 0.990. The number of ether oxygens (including phenoxy) is 2. The molecule has 2 fully saturated rings. The zero-order valence-corrected chi connectivity index (χ0v) is 16.1. The van der Waals surface area contributed by atoms with E-state index in [2.05, 4.69) is 0 Å². The van der Waals surface area contributed by atoms with E-state index in [1.54, 1.807) is 6.07 Å².